The second-order valence-corrected chi connectivity index (χ2v) is 17.5. The normalized spacial score (nSPS) is 20.7. The zero-order chi connectivity index (χ0) is 44.5. The largest absolute Gasteiger partial charge is 0.346 e. The average molecular weight is 867 g/mol. The molecule has 0 aromatic heterocycles. The second kappa shape index (κ2) is 15.6. The molecule has 0 saturated carbocycles. The fraction of sp³-hybridized carbons (Fsp3) is 0.0847. The van der Waals surface area contributed by atoms with Crippen molar-refractivity contribution in [1.82, 2.24) is 10.2 Å². The molecular weight excluding hydrogens is 821 g/mol. The van der Waals surface area contributed by atoms with E-state index < -0.39 is 5.66 Å². The van der Waals surface area contributed by atoms with Gasteiger partial charge in [-0.2, -0.15) is 0 Å². The van der Waals surface area contributed by atoms with E-state index in [1.807, 2.05) is 0 Å². The van der Waals surface area contributed by atoms with Crippen molar-refractivity contribution in [3.05, 3.63) is 241 Å². The summed E-state index contributed by atoms with van der Waals surface area (Å²) < 4.78 is 0. The summed E-state index contributed by atoms with van der Waals surface area (Å²) in [6, 6.07) is 73.4. The highest BCUT2D eigenvalue weighted by molar-refractivity contribution is 6.05. The Hall–Kier alpha value is -8.46. The molecule has 8 heteroatoms. The van der Waals surface area contributed by atoms with Gasteiger partial charge in [-0.15, -0.1) is 0 Å². The van der Waals surface area contributed by atoms with Crippen molar-refractivity contribution in [2.24, 2.45) is 4.99 Å². The number of allylic oxidation sites excluding steroid dienone is 4. The predicted molar refractivity (Wildman–Crippen MR) is 275 cm³/mol. The topological polar surface area (TPSA) is 64.2 Å². The van der Waals surface area contributed by atoms with Gasteiger partial charge in [-0.25, -0.2) is 9.89 Å². The third kappa shape index (κ3) is 6.10. The first kappa shape index (κ1) is 39.0. The smallest absolute Gasteiger partial charge is 0.162 e. The fourth-order valence-corrected chi connectivity index (χ4v) is 10.9. The molecule has 4 aliphatic heterocycles. The van der Waals surface area contributed by atoms with Gasteiger partial charge < -0.3 is 30.3 Å². The monoisotopic (exact) mass is 866 g/mol. The van der Waals surface area contributed by atoms with Crippen LogP contribution in [-0.4, -0.2) is 23.0 Å². The van der Waals surface area contributed by atoms with E-state index in [9.17, 15) is 0 Å². The Morgan fingerprint density at radius 2 is 0.866 bits per heavy atom. The van der Waals surface area contributed by atoms with E-state index in [1.165, 1.54) is 0 Å². The summed E-state index contributed by atoms with van der Waals surface area (Å²) in [6.45, 7) is 0. The Balaban J connectivity index is 0.885. The van der Waals surface area contributed by atoms with Gasteiger partial charge in [0.05, 0.1) is 51.5 Å². The second-order valence-electron chi connectivity index (χ2n) is 17.5. The molecule has 8 aromatic carbocycles. The standard InChI is InChI=1S/C59H46N8/c60-40-56-58(61-43-18-4-1-5-19-43)62-59(42-34-38-47(39-35-42)66-54-30-16-12-26-50(54)64(45-22-8-3-9-23-45)51-27-13-17-31-55(51)66)57(67(56)59)41-32-36-46(37-33-41)65-52-28-14-10-24-48(52)63(44-20-6-2-7-21-44)49-25-11-15-29-53(49)65/h1-4,6-18,20-40,56-57,60H,5,19H2,(H,61,62). The SMILES string of the molecule is N=CC1C(NC2=CC=CCC2)=NC2(c3ccc(N4c5ccccc5N(c5ccccc5)c5ccccc54)cc3)C(c3ccc(N4c5ccccc5N(c5ccccc5)c5ccccc54)cc3)N12. The Kier molecular flexibility index (Phi) is 9.08. The number of amidine groups is 1. The molecule has 67 heavy (non-hydrogen) atoms. The molecular formula is C59H46N8. The molecule has 0 spiro atoms. The Labute approximate surface area is 390 Å². The van der Waals surface area contributed by atoms with Crippen molar-refractivity contribution >= 4 is 80.3 Å². The van der Waals surface area contributed by atoms with Crippen molar-refractivity contribution in [3.63, 3.8) is 0 Å². The van der Waals surface area contributed by atoms with Crippen LogP contribution in [0.15, 0.2) is 235 Å². The summed E-state index contributed by atoms with van der Waals surface area (Å²) >= 11 is 0. The molecule has 1 saturated heterocycles. The van der Waals surface area contributed by atoms with Crippen LogP contribution in [0.25, 0.3) is 0 Å². The Morgan fingerprint density at radius 1 is 0.478 bits per heavy atom. The van der Waals surface area contributed by atoms with Crippen molar-refractivity contribution in [2.45, 2.75) is 30.6 Å². The molecule has 322 valence electrons. The van der Waals surface area contributed by atoms with Gasteiger partial charge in [-0.1, -0.05) is 121 Å². The third-order valence-electron chi connectivity index (χ3n) is 13.8. The molecule has 4 heterocycles. The number of hydrogen-bond donors (Lipinski definition) is 2. The van der Waals surface area contributed by atoms with Gasteiger partial charge in [0.2, 0.25) is 0 Å². The first-order valence-electron chi connectivity index (χ1n) is 23.1. The molecule has 2 N–H and O–H groups in total. The highest BCUT2D eigenvalue weighted by Crippen LogP contribution is 2.66. The van der Waals surface area contributed by atoms with Crippen LogP contribution in [0, 0.1) is 5.41 Å². The van der Waals surface area contributed by atoms with Crippen LogP contribution in [0.5, 0.6) is 0 Å². The van der Waals surface area contributed by atoms with Gasteiger partial charge in [0.15, 0.2) is 5.66 Å². The number of rotatable bonds is 8. The van der Waals surface area contributed by atoms with Gasteiger partial charge in [0.1, 0.15) is 11.9 Å². The van der Waals surface area contributed by atoms with Crippen LogP contribution in [-0.2, 0) is 5.66 Å². The number of fused-ring (bicyclic) bond motifs is 5. The van der Waals surface area contributed by atoms with Crippen LogP contribution in [0.2, 0.25) is 0 Å². The van der Waals surface area contributed by atoms with Crippen LogP contribution in [0.4, 0.5) is 68.2 Å². The molecule has 8 aromatic rings. The van der Waals surface area contributed by atoms with Crippen LogP contribution < -0.4 is 24.9 Å². The number of benzene rings is 8. The van der Waals surface area contributed by atoms with Gasteiger partial charge in [0, 0.05) is 34.7 Å². The highest BCUT2D eigenvalue weighted by atomic mass is 15.6. The van der Waals surface area contributed by atoms with E-state index in [2.05, 4.69) is 254 Å². The van der Waals surface area contributed by atoms with Crippen molar-refractivity contribution in [2.75, 3.05) is 19.6 Å². The van der Waals surface area contributed by atoms with Crippen molar-refractivity contribution < 1.29 is 0 Å². The molecule has 4 atom stereocenters. The molecule has 8 nitrogen and oxygen atoms in total. The molecule has 5 aliphatic rings. The summed E-state index contributed by atoms with van der Waals surface area (Å²) in [5.74, 6) is 0.817. The van der Waals surface area contributed by atoms with Crippen LogP contribution >= 0.6 is 0 Å². The van der Waals surface area contributed by atoms with E-state index in [0.29, 0.717) is 0 Å². The van der Waals surface area contributed by atoms with Crippen molar-refractivity contribution in [1.29, 1.82) is 5.41 Å². The minimum absolute atomic E-state index is 0.0739. The molecule has 0 radical (unpaired) electrons. The highest BCUT2D eigenvalue weighted by Gasteiger charge is 2.71. The first-order valence-corrected chi connectivity index (χ1v) is 23.1. The minimum atomic E-state index is -0.696. The summed E-state index contributed by atoms with van der Waals surface area (Å²) in [6.07, 6.45) is 9.88. The molecule has 4 unspecified atom stereocenters. The van der Waals surface area contributed by atoms with Gasteiger partial charge in [0.25, 0.3) is 0 Å². The van der Waals surface area contributed by atoms with E-state index in [4.69, 9.17) is 10.4 Å². The zero-order valence-corrected chi connectivity index (χ0v) is 36.7. The van der Waals surface area contributed by atoms with Gasteiger partial charge >= 0.3 is 0 Å². The van der Waals surface area contributed by atoms with Crippen LogP contribution in [0.1, 0.15) is 30.0 Å². The Bertz CT molecular complexity index is 3190. The quantitative estimate of drug-likeness (QED) is 0.117. The Morgan fingerprint density at radius 3 is 1.25 bits per heavy atom. The van der Waals surface area contributed by atoms with E-state index in [0.717, 1.165) is 104 Å². The third-order valence-corrected chi connectivity index (χ3v) is 13.8. The minimum Gasteiger partial charge on any atom is -0.346 e. The number of para-hydroxylation sites is 10. The lowest BCUT2D eigenvalue weighted by molar-refractivity contribution is 0.464. The summed E-state index contributed by atoms with van der Waals surface area (Å²) in [5, 5.41) is 12.5. The van der Waals surface area contributed by atoms with Crippen LogP contribution in [0.3, 0.4) is 0 Å². The van der Waals surface area contributed by atoms with Gasteiger partial charge in [-0.05, 0) is 127 Å². The lowest BCUT2D eigenvalue weighted by atomic mass is 9.97. The van der Waals surface area contributed by atoms with E-state index in [-0.39, 0.29) is 12.1 Å². The van der Waals surface area contributed by atoms with Crippen molar-refractivity contribution in [3.8, 4) is 0 Å². The number of anilines is 12. The lowest BCUT2D eigenvalue weighted by Crippen LogP contribution is -2.38. The molecule has 1 fully saturated rings. The molecule has 13 rings (SSSR count). The number of hydrogen-bond acceptors (Lipinski definition) is 8. The zero-order valence-electron chi connectivity index (χ0n) is 36.7. The molecule has 0 amide bonds. The first-order chi connectivity index (χ1) is 33.2. The van der Waals surface area contributed by atoms with Gasteiger partial charge in [-0.3, -0.25) is 0 Å². The van der Waals surface area contributed by atoms with E-state index >= 15 is 0 Å². The number of nitrogens with zero attached hydrogens (tertiary/aromatic N) is 6. The summed E-state index contributed by atoms with van der Waals surface area (Å²) in [5.41, 5.74) is 16.0. The fourth-order valence-electron chi connectivity index (χ4n) is 10.9. The molecule has 1 aliphatic carbocycles. The predicted octanol–water partition coefficient (Wildman–Crippen LogP) is 14.7. The maximum absolute atomic E-state index is 8.83. The average Bonchev–Trinajstić information content (AvgIpc) is 3.94. The number of aliphatic imine (C=N–C) groups is 1. The lowest BCUT2D eigenvalue weighted by Gasteiger charge is -2.40. The maximum atomic E-state index is 8.83. The summed E-state index contributed by atoms with van der Waals surface area (Å²) in [7, 11) is 0. The van der Waals surface area contributed by atoms with E-state index in [1.54, 1.807) is 6.21 Å². The summed E-state index contributed by atoms with van der Waals surface area (Å²) in [4.78, 5) is 17.5. The molecule has 0 bridgehead atoms. The number of nitrogens with one attached hydrogen (secondary N) is 2. The maximum Gasteiger partial charge on any atom is 0.162 e.